The van der Waals surface area contributed by atoms with Crippen LogP contribution in [0.15, 0.2) is 17.8 Å². The zero-order valence-electron chi connectivity index (χ0n) is 8.76. The second-order valence-corrected chi connectivity index (χ2v) is 4.84. The molecule has 1 atom stereocenters. The molecule has 4 nitrogen and oxygen atoms in total. The van der Waals surface area contributed by atoms with Gasteiger partial charge in [0.15, 0.2) is 10.7 Å². The van der Waals surface area contributed by atoms with Gasteiger partial charge in [-0.05, 0) is 12.8 Å². The second-order valence-electron chi connectivity index (χ2n) is 3.97. The fourth-order valence-corrected chi connectivity index (χ4v) is 2.70. The van der Waals surface area contributed by atoms with Crippen molar-refractivity contribution < 1.29 is 9.53 Å². The molecule has 1 unspecified atom stereocenters. The van der Waals surface area contributed by atoms with E-state index in [4.69, 9.17) is 4.74 Å². The summed E-state index contributed by atoms with van der Waals surface area (Å²) >= 11 is 1.58. The van der Waals surface area contributed by atoms with Crippen LogP contribution in [0.25, 0.3) is 4.96 Å². The van der Waals surface area contributed by atoms with Crippen LogP contribution in [-0.2, 0) is 16.0 Å². The number of aromatic nitrogens is 2. The lowest BCUT2D eigenvalue weighted by Crippen LogP contribution is -2.21. The van der Waals surface area contributed by atoms with Crippen LogP contribution in [0, 0.1) is 0 Å². The number of hydrogen-bond acceptors (Lipinski definition) is 4. The van der Waals surface area contributed by atoms with Crippen LogP contribution >= 0.6 is 11.3 Å². The van der Waals surface area contributed by atoms with Crippen LogP contribution in [0.1, 0.15) is 18.5 Å². The van der Waals surface area contributed by atoms with Crippen LogP contribution in [-0.4, -0.2) is 27.9 Å². The Labute approximate surface area is 96.9 Å². The normalized spacial score (nSPS) is 20.6. The summed E-state index contributed by atoms with van der Waals surface area (Å²) in [6.45, 7) is 0.717. The predicted octanol–water partition coefficient (Wildman–Crippen LogP) is 1.69. The van der Waals surface area contributed by atoms with Gasteiger partial charge in [-0.3, -0.25) is 9.20 Å². The summed E-state index contributed by atoms with van der Waals surface area (Å²) in [6, 6.07) is 0. The summed E-state index contributed by atoms with van der Waals surface area (Å²) in [7, 11) is 0. The number of ketones is 1. The number of Topliss-reactive ketones (excluding diaryl/α,β-unsaturated/α-hetero) is 1. The Morgan fingerprint density at radius 2 is 2.62 bits per heavy atom. The van der Waals surface area contributed by atoms with Crippen LogP contribution in [0.4, 0.5) is 0 Å². The number of hydrogen-bond donors (Lipinski definition) is 0. The van der Waals surface area contributed by atoms with E-state index in [2.05, 4.69) is 4.98 Å². The van der Waals surface area contributed by atoms with Gasteiger partial charge in [-0.25, -0.2) is 4.98 Å². The van der Waals surface area contributed by atoms with Crippen molar-refractivity contribution in [2.24, 2.45) is 0 Å². The fourth-order valence-electron chi connectivity index (χ4n) is 1.99. The van der Waals surface area contributed by atoms with Gasteiger partial charge in [0.1, 0.15) is 6.10 Å². The standard InChI is InChI=1S/C11H12N2O2S/c14-9(10-2-1-4-15-10)6-8-7-13-3-5-16-11(13)12-8/h3,5,7,10H,1-2,4,6H2. The highest BCUT2D eigenvalue weighted by Crippen LogP contribution is 2.16. The van der Waals surface area contributed by atoms with E-state index in [-0.39, 0.29) is 11.9 Å². The smallest absolute Gasteiger partial charge is 0.193 e. The third kappa shape index (κ3) is 1.76. The molecular formula is C11H12N2O2S. The van der Waals surface area contributed by atoms with Crippen molar-refractivity contribution in [3.63, 3.8) is 0 Å². The van der Waals surface area contributed by atoms with E-state index in [0.29, 0.717) is 13.0 Å². The molecule has 0 radical (unpaired) electrons. The average Bonchev–Trinajstić information content (AvgIpc) is 2.91. The molecule has 0 aliphatic carbocycles. The number of thiazole rings is 1. The first-order chi connectivity index (χ1) is 7.83. The summed E-state index contributed by atoms with van der Waals surface area (Å²) in [5, 5.41) is 1.98. The molecule has 3 rings (SSSR count). The minimum Gasteiger partial charge on any atom is -0.370 e. The van der Waals surface area contributed by atoms with Crippen molar-refractivity contribution in [3.05, 3.63) is 23.5 Å². The molecule has 1 aliphatic heterocycles. The Hall–Kier alpha value is -1.20. The molecular weight excluding hydrogens is 224 g/mol. The topological polar surface area (TPSA) is 43.6 Å². The van der Waals surface area contributed by atoms with E-state index in [1.165, 1.54) is 0 Å². The average molecular weight is 236 g/mol. The Morgan fingerprint density at radius 1 is 1.69 bits per heavy atom. The maximum absolute atomic E-state index is 11.8. The lowest BCUT2D eigenvalue weighted by molar-refractivity contribution is -0.127. The lowest BCUT2D eigenvalue weighted by atomic mass is 10.1. The molecule has 1 saturated heterocycles. The van der Waals surface area contributed by atoms with E-state index in [1.807, 2.05) is 22.2 Å². The molecule has 16 heavy (non-hydrogen) atoms. The SMILES string of the molecule is O=C(Cc1cn2ccsc2n1)C1CCCO1. The molecule has 0 N–H and O–H groups in total. The van der Waals surface area contributed by atoms with Gasteiger partial charge < -0.3 is 4.74 Å². The Morgan fingerprint density at radius 3 is 3.38 bits per heavy atom. The van der Waals surface area contributed by atoms with Crippen molar-refractivity contribution in [3.8, 4) is 0 Å². The fraction of sp³-hybridized carbons (Fsp3) is 0.455. The Kier molecular flexibility index (Phi) is 2.49. The molecule has 0 spiro atoms. The van der Waals surface area contributed by atoms with E-state index in [1.54, 1.807) is 11.3 Å². The van der Waals surface area contributed by atoms with Gasteiger partial charge in [-0.15, -0.1) is 11.3 Å². The number of ether oxygens (including phenoxy) is 1. The van der Waals surface area contributed by atoms with Gasteiger partial charge in [0, 0.05) is 24.4 Å². The maximum Gasteiger partial charge on any atom is 0.193 e. The molecule has 2 aromatic rings. The summed E-state index contributed by atoms with van der Waals surface area (Å²) in [6.07, 6.45) is 5.92. The van der Waals surface area contributed by atoms with Crippen molar-refractivity contribution in [1.29, 1.82) is 0 Å². The zero-order valence-corrected chi connectivity index (χ0v) is 9.57. The largest absolute Gasteiger partial charge is 0.370 e. The maximum atomic E-state index is 11.8. The van der Waals surface area contributed by atoms with Crippen LogP contribution in [0.2, 0.25) is 0 Å². The molecule has 0 bridgehead atoms. The molecule has 84 valence electrons. The number of fused-ring (bicyclic) bond motifs is 1. The highest BCUT2D eigenvalue weighted by molar-refractivity contribution is 7.15. The minimum absolute atomic E-state index is 0.156. The third-order valence-electron chi connectivity index (χ3n) is 2.79. The van der Waals surface area contributed by atoms with Gasteiger partial charge in [0.05, 0.1) is 12.1 Å². The van der Waals surface area contributed by atoms with E-state index < -0.39 is 0 Å². The highest BCUT2D eigenvalue weighted by atomic mass is 32.1. The quantitative estimate of drug-likeness (QED) is 0.814. The summed E-state index contributed by atoms with van der Waals surface area (Å²) < 4.78 is 7.31. The van der Waals surface area contributed by atoms with Gasteiger partial charge in [0.2, 0.25) is 0 Å². The number of imidazole rings is 1. The number of carbonyl (C=O) groups excluding carboxylic acids is 1. The minimum atomic E-state index is -0.195. The number of carbonyl (C=O) groups is 1. The Bertz CT molecular complexity index is 482. The second kappa shape index (κ2) is 3.99. The summed E-state index contributed by atoms with van der Waals surface area (Å²) in [5.41, 5.74) is 0.840. The van der Waals surface area contributed by atoms with E-state index >= 15 is 0 Å². The van der Waals surface area contributed by atoms with Crippen molar-refractivity contribution >= 4 is 22.1 Å². The van der Waals surface area contributed by atoms with Crippen molar-refractivity contribution in [1.82, 2.24) is 9.38 Å². The van der Waals surface area contributed by atoms with Gasteiger partial charge in [0.25, 0.3) is 0 Å². The summed E-state index contributed by atoms with van der Waals surface area (Å²) in [4.78, 5) is 17.2. The first-order valence-electron chi connectivity index (χ1n) is 5.38. The van der Waals surface area contributed by atoms with Crippen LogP contribution in [0.5, 0.6) is 0 Å². The number of nitrogens with zero attached hydrogens (tertiary/aromatic N) is 2. The predicted molar refractivity (Wildman–Crippen MR) is 60.8 cm³/mol. The van der Waals surface area contributed by atoms with E-state index in [9.17, 15) is 4.79 Å². The zero-order chi connectivity index (χ0) is 11.0. The van der Waals surface area contributed by atoms with Gasteiger partial charge in [-0.1, -0.05) is 0 Å². The molecule has 0 aromatic carbocycles. The molecule has 0 amide bonds. The molecule has 0 saturated carbocycles. The molecule has 2 aromatic heterocycles. The monoisotopic (exact) mass is 236 g/mol. The first-order valence-corrected chi connectivity index (χ1v) is 6.26. The molecule has 5 heteroatoms. The van der Waals surface area contributed by atoms with Gasteiger partial charge in [-0.2, -0.15) is 0 Å². The molecule has 3 heterocycles. The molecule has 1 aliphatic rings. The Balaban J connectivity index is 1.74. The van der Waals surface area contributed by atoms with Gasteiger partial charge >= 0.3 is 0 Å². The third-order valence-corrected chi connectivity index (χ3v) is 3.56. The van der Waals surface area contributed by atoms with Crippen LogP contribution in [0.3, 0.4) is 0 Å². The lowest BCUT2D eigenvalue weighted by Gasteiger charge is -2.05. The van der Waals surface area contributed by atoms with Crippen molar-refractivity contribution in [2.75, 3.05) is 6.61 Å². The van der Waals surface area contributed by atoms with E-state index in [0.717, 1.165) is 23.5 Å². The highest BCUT2D eigenvalue weighted by Gasteiger charge is 2.24. The first kappa shape index (κ1) is 9.99. The van der Waals surface area contributed by atoms with Crippen molar-refractivity contribution in [2.45, 2.75) is 25.4 Å². The number of rotatable bonds is 3. The molecule has 1 fully saturated rings. The van der Waals surface area contributed by atoms with Crippen LogP contribution < -0.4 is 0 Å². The summed E-state index contributed by atoms with van der Waals surface area (Å²) in [5.74, 6) is 0.156.